The van der Waals surface area contributed by atoms with Crippen LogP contribution in [0.3, 0.4) is 0 Å². The molecule has 0 bridgehead atoms. The number of halogens is 2. The number of benzene rings is 1. The highest BCUT2D eigenvalue weighted by Gasteiger charge is 2.17. The second-order valence-corrected chi connectivity index (χ2v) is 6.61. The van der Waals surface area contributed by atoms with E-state index in [0.29, 0.717) is 48.8 Å². The van der Waals surface area contributed by atoms with Crippen LogP contribution in [0.15, 0.2) is 17.1 Å². The smallest absolute Gasteiger partial charge is 0.191 e. The van der Waals surface area contributed by atoms with Gasteiger partial charge >= 0.3 is 0 Å². The van der Waals surface area contributed by atoms with E-state index in [-0.39, 0.29) is 29.6 Å². The maximum absolute atomic E-state index is 6.31. The molecule has 2 N–H and O–H groups in total. The van der Waals surface area contributed by atoms with Crippen molar-refractivity contribution in [3.05, 3.63) is 22.7 Å². The molecule has 2 rings (SSSR count). The van der Waals surface area contributed by atoms with Crippen LogP contribution in [-0.4, -0.2) is 45.5 Å². The topological polar surface area (TPSA) is 64.1 Å². The Morgan fingerprint density at radius 3 is 2.68 bits per heavy atom. The van der Waals surface area contributed by atoms with Crippen molar-refractivity contribution in [3.8, 4) is 11.5 Å². The Morgan fingerprint density at radius 1 is 1.28 bits per heavy atom. The second kappa shape index (κ2) is 10.3. The fourth-order valence-electron chi connectivity index (χ4n) is 2.16. The highest BCUT2D eigenvalue weighted by molar-refractivity contribution is 14.0. The Kier molecular flexibility index (Phi) is 9.09. The van der Waals surface area contributed by atoms with Crippen molar-refractivity contribution in [2.24, 2.45) is 4.99 Å². The second-order valence-electron chi connectivity index (χ2n) is 6.20. The molecule has 0 radical (unpaired) electrons. The summed E-state index contributed by atoms with van der Waals surface area (Å²) >= 11 is 6.31. The molecule has 6 nitrogen and oxygen atoms in total. The van der Waals surface area contributed by atoms with Crippen LogP contribution in [0.2, 0.25) is 5.02 Å². The Bertz CT molecular complexity index is 597. The van der Waals surface area contributed by atoms with Crippen molar-refractivity contribution in [1.82, 2.24) is 10.6 Å². The van der Waals surface area contributed by atoms with Gasteiger partial charge in [-0.05, 0) is 31.5 Å². The van der Waals surface area contributed by atoms with Crippen LogP contribution in [0, 0.1) is 0 Å². The molecule has 0 saturated heterocycles. The molecule has 0 spiro atoms. The van der Waals surface area contributed by atoms with E-state index < -0.39 is 0 Å². The van der Waals surface area contributed by atoms with E-state index in [1.165, 1.54) is 0 Å². The molecule has 8 heteroatoms. The maximum atomic E-state index is 6.31. The molecule has 1 aromatic rings. The Labute approximate surface area is 171 Å². The average Bonchev–Trinajstić information content (AvgIpc) is 2.81. The molecule has 0 unspecified atom stereocenters. The van der Waals surface area contributed by atoms with Crippen LogP contribution >= 0.6 is 35.6 Å². The van der Waals surface area contributed by atoms with Crippen molar-refractivity contribution in [2.45, 2.75) is 32.4 Å². The molecule has 1 heterocycles. The normalized spacial score (nSPS) is 14.4. The van der Waals surface area contributed by atoms with Crippen LogP contribution in [0.25, 0.3) is 0 Å². The van der Waals surface area contributed by atoms with Crippen LogP contribution in [0.4, 0.5) is 0 Å². The predicted molar refractivity (Wildman–Crippen MR) is 112 cm³/mol. The third-order valence-corrected chi connectivity index (χ3v) is 4.06. The number of hydrogen-bond acceptors (Lipinski definition) is 4. The van der Waals surface area contributed by atoms with Crippen molar-refractivity contribution >= 4 is 41.5 Å². The lowest BCUT2D eigenvalue weighted by Crippen LogP contribution is -2.45. The summed E-state index contributed by atoms with van der Waals surface area (Å²) in [5.74, 6) is 2.02. The number of fused-ring (bicyclic) bond motifs is 1. The summed E-state index contributed by atoms with van der Waals surface area (Å²) in [5, 5.41) is 7.07. The van der Waals surface area contributed by atoms with E-state index in [9.17, 15) is 0 Å². The van der Waals surface area contributed by atoms with Gasteiger partial charge in [0.1, 0.15) is 0 Å². The molecule has 0 aliphatic carbocycles. The fourth-order valence-corrected chi connectivity index (χ4v) is 2.45. The van der Waals surface area contributed by atoms with Gasteiger partial charge in [0.2, 0.25) is 0 Å². The minimum atomic E-state index is -0.268. The molecule has 0 saturated carbocycles. The molecule has 0 amide bonds. The molecule has 1 aliphatic rings. The zero-order valence-corrected chi connectivity index (χ0v) is 18.2. The van der Waals surface area contributed by atoms with E-state index in [4.69, 9.17) is 25.8 Å². The fraction of sp³-hybridized carbons (Fsp3) is 0.588. The van der Waals surface area contributed by atoms with E-state index in [2.05, 4.69) is 15.6 Å². The van der Waals surface area contributed by atoms with Gasteiger partial charge in [0.25, 0.3) is 0 Å². The summed E-state index contributed by atoms with van der Waals surface area (Å²) < 4.78 is 16.7. The van der Waals surface area contributed by atoms with E-state index in [1.807, 2.05) is 26.0 Å². The summed E-state index contributed by atoms with van der Waals surface area (Å²) in [4.78, 5) is 4.22. The lowest BCUT2D eigenvalue weighted by atomic mass is 10.1. The molecular weight excluding hydrogens is 457 g/mol. The number of ether oxygens (including phenoxy) is 3. The first-order chi connectivity index (χ1) is 11.4. The summed E-state index contributed by atoms with van der Waals surface area (Å²) in [6.07, 6.45) is 0.852. The van der Waals surface area contributed by atoms with Crippen molar-refractivity contribution in [1.29, 1.82) is 0 Å². The quantitative estimate of drug-likeness (QED) is 0.383. The van der Waals surface area contributed by atoms with E-state index in [1.54, 1.807) is 14.2 Å². The highest BCUT2D eigenvalue weighted by atomic mass is 127. The van der Waals surface area contributed by atoms with Gasteiger partial charge in [-0.15, -0.1) is 24.0 Å². The monoisotopic (exact) mass is 483 g/mol. The first-order valence-electron chi connectivity index (χ1n) is 8.03. The van der Waals surface area contributed by atoms with Gasteiger partial charge in [-0.25, -0.2) is 0 Å². The number of aliphatic imine (C=N–C) groups is 1. The van der Waals surface area contributed by atoms with Crippen LogP contribution < -0.4 is 20.1 Å². The van der Waals surface area contributed by atoms with E-state index in [0.717, 1.165) is 12.0 Å². The summed E-state index contributed by atoms with van der Waals surface area (Å²) in [5.41, 5.74) is 0.731. The zero-order valence-electron chi connectivity index (χ0n) is 15.1. The summed E-state index contributed by atoms with van der Waals surface area (Å²) in [6.45, 7) is 6.49. The summed E-state index contributed by atoms with van der Waals surface area (Å²) in [7, 11) is 3.42. The Morgan fingerprint density at radius 2 is 2.00 bits per heavy atom. The van der Waals surface area contributed by atoms with Crippen molar-refractivity contribution in [3.63, 3.8) is 0 Å². The number of rotatable bonds is 5. The lowest BCUT2D eigenvalue weighted by molar-refractivity contribution is 0.0268. The molecule has 142 valence electrons. The third kappa shape index (κ3) is 6.71. The molecule has 1 aliphatic heterocycles. The van der Waals surface area contributed by atoms with Gasteiger partial charge in [-0.1, -0.05) is 11.6 Å². The SMILES string of the molecule is CN=C(NCc1cc(Cl)c2c(c1)OCCCO2)NCC(C)(C)OC.I. The average molecular weight is 484 g/mol. The van der Waals surface area contributed by atoms with Crippen LogP contribution in [0.1, 0.15) is 25.8 Å². The number of nitrogens with zero attached hydrogens (tertiary/aromatic N) is 1. The molecular formula is C17H27ClIN3O3. The molecule has 0 fully saturated rings. The number of methoxy groups -OCH3 is 1. The van der Waals surface area contributed by atoms with Crippen molar-refractivity contribution < 1.29 is 14.2 Å². The molecule has 0 aromatic heterocycles. The molecule has 25 heavy (non-hydrogen) atoms. The first kappa shape index (κ1) is 22.1. The van der Waals surface area contributed by atoms with Crippen LogP contribution in [0.5, 0.6) is 11.5 Å². The van der Waals surface area contributed by atoms with Gasteiger partial charge in [-0.3, -0.25) is 4.99 Å². The Hall–Kier alpha value is -0.930. The van der Waals surface area contributed by atoms with Gasteiger partial charge in [0, 0.05) is 33.7 Å². The van der Waals surface area contributed by atoms with Crippen LogP contribution in [-0.2, 0) is 11.3 Å². The first-order valence-corrected chi connectivity index (χ1v) is 8.40. The largest absolute Gasteiger partial charge is 0.489 e. The predicted octanol–water partition coefficient (Wildman–Crippen LogP) is 3.21. The Balaban J connectivity index is 0.00000312. The van der Waals surface area contributed by atoms with Crippen molar-refractivity contribution in [2.75, 3.05) is 33.9 Å². The minimum absolute atomic E-state index is 0. The molecule has 1 aromatic carbocycles. The van der Waals surface area contributed by atoms with Gasteiger partial charge < -0.3 is 24.8 Å². The standard InChI is InChI=1S/C17H26ClN3O3.HI/c1-17(2,22-4)11-21-16(19-3)20-10-12-8-13(18)15-14(9-12)23-6-5-7-24-15;/h8-9H,5-7,10-11H2,1-4H3,(H2,19,20,21);1H. The number of hydrogen-bond donors (Lipinski definition) is 2. The van der Waals surface area contributed by atoms with Gasteiger partial charge in [-0.2, -0.15) is 0 Å². The number of nitrogens with one attached hydrogen (secondary N) is 2. The van der Waals surface area contributed by atoms with Gasteiger partial charge in [0.15, 0.2) is 17.5 Å². The number of guanidine groups is 1. The molecule has 0 atom stereocenters. The zero-order chi connectivity index (χ0) is 17.6. The highest BCUT2D eigenvalue weighted by Crippen LogP contribution is 2.37. The van der Waals surface area contributed by atoms with Gasteiger partial charge in [0.05, 0.1) is 23.8 Å². The maximum Gasteiger partial charge on any atom is 0.191 e. The summed E-state index contributed by atoms with van der Waals surface area (Å²) in [6, 6.07) is 3.83. The van der Waals surface area contributed by atoms with E-state index >= 15 is 0 Å². The third-order valence-electron chi connectivity index (χ3n) is 3.78. The minimum Gasteiger partial charge on any atom is -0.489 e. The lowest BCUT2D eigenvalue weighted by Gasteiger charge is -2.24.